The monoisotopic (exact) mass is 489 g/mol. The molecule has 0 spiro atoms. The molecule has 2 heterocycles. The number of benzene rings is 1. The van der Waals surface area contributed by atoms with Gasteiger partial charge in [0.05, 0.1) is 12.6 Å². The first-order valence-electron chi connectivity index (χ1n) is 12.5. The summed E-state index contributed by atoms with van der Waals surface area (Å²) in [6.45, 7) is 6.69. The number of halogens is 1. The Bertz CT molecular complexity index is 909. The molecule has 7 nitrogen and oxygen atoms in total. The zero-order valence-corrected chi connectivity index (χ0v) is 21.2. The molecule has 0 unspecified atom stereocenters. The SMILES string of the molecule is CCCOC(=O)N(C)[C@@H]1CN(C(=O)C2CCN(C(=O)C3(C)CC3)CC2)C[C@H]1c1ccc(Cl)cc1. The van der Waals surface area contributed by atoms with Crippen LogP contribution in [-0.4, -0.2) is 78.5 Å². The summed E-state index contributed by atoms with van der Waals surface area (Å²) in [5.41, 5.74) is 0.889. The molecule has 3 fully saturated rings. The van der Waals surface area contributed by atoms with Crippen molar-refractivity contribution in [3.05, 3.63) is 34.9 Å². The smallest absolute Gasteiger partial charge is 0.409 e. The number of rotatable bonds is 6. The predicted octanol–water partition coefficient (Wildman–Crippen LogP) is 4.15. The lowest BCUT2D eigenvalue weighted by Crippen LogP contribution is -2.46. The van der Waals surface area contributed by atoms with Gasteiger partial charge in [-0.05, 0) is 49.8 Å². The van der Waals surface area contributed by atoms with E-state index in [2.05, 4.69) is 0 Å². The topological polar surface area (TPSA) is 70.2 Å². The molecule has 4 rings (SSSR count). The lowest BCUT2D eigenvalue weighted by atomic mass is 9.93. The second-order valence-electron chi connectivity index (χ2n) is 10.3. The Kier molecular flexibility index (Phi) is 7.41. The van der Waals surface area contributed by atoms with Gasteiger partial charge in [-0.15, -0.1) is 0 Å². The summed E-state index contributed by atoms with van der Waals surface area (Å²) in [6, 6.07) is 7.47. The maximum atomic E-state index is 13.5. The van der Waals surface area contributed by atoms with Crippen LogP contribution in [0.1, 0.15) is 57.4 Å². The zero-order chi connectivity index (χ0) is 24.5. The Morgan fingerprint density at radius 3 is 2.32 bits per heavy atom. The molecule has 0 bridgehead atoms. The number of carbonyl (C=O) groups excluding carboxylic acids is 3. The lowest BCUT2D eigenvalue weighted by Gasteiger charge is -2.34. The van der Waals surface area contributed by atoms with E-state index in [0.29, 0.717) is 50.7 Å². The van der Waals surface area contributed by atoms with Gasteiger partial charge in [-0.25, -0.2) is 4.79 Å². The molecule has 3 amide bonds. The molecule has 2 atom stereocenters. The second-order valence-corrected chi connectivity index (χ2v) is 10.8. The highest BCUT2D eigenvalue weighted by Gasteiger charge is 2.48. The van der Waals surface area contributed by atoms with Gasteiger partial charge in [0.1, 0.15) is 0 Å². The number of piperidine rings is 1. The number of amides is 3. The van der Waals surface area contributed by atoms with E-state index in [1.54, 1.807) is 11.9 Å². The minimum Gasteiger partial charge on any atom is -0.449 e. The van der Waals surface area contributed by atoms with Crippen molar-refractivity contribution < 1.29 is 19.1 Å². The standard InChI is InChI=1S/C26H36ClN3O4/c1-4-15-34-25(33)28(3)22-17-30(16-21(22)18-5-7-20(27)8-6-18)23(31)19-9-13-29(14-10-19)24(32)26(2)11-12-26/h5-8,19,21-22H,4,9-17H2,1-3H3/t21-,22+/m0/s1. The largest absolute Gasteiger partial charge is 0.449 e. The van der Waals surface area contributed by atoms with E-state index in [1.165, 1.54) is 0 Å². The summed E-state index contributed by atoms with van der Waals surface area (Å²) in [5, 5.41) is 0.656. The summed E-state index contributed by atoms with van der Waals surface area (Å²) in [4.78, 5) is 44.3. The van der Waals surface area contributed by atoms with Crippen molar-refractivity contribution in [1.29, 1.82) is 0 Å². The molecule has 8 heteroatoms. The number of likely N-dealkylation sites (tertiary alicyclic amines) is 2. The molecule has 2 saturated heterocycles. The quantitative estimate of drug-likeness (QED) is 0.601. The molecule has 0 N–H and O–H groups in total. The van der Waals surface area contributed by atoms with E-state index in [4.69, 9.17) is 16.3 Å². The Morgan fingerprint density at radius 1 is 1.09 bits per heavy atom. The van der Waals surface area contributed by atoms with Gasteiger partial charge in [0.2, 0.25) is 11.8 Å². The molecule has 0 aromatic heterocycles. The Balaban J connectivity index is 1.43. The Morgan fingerprint density at radius 2 is 1.74 bits per heavy atom. The van der Waals surface area contributed by atoms with Crippen LogP contribution in [0.5, 0.6) is 0 Å². The van der Waals surface area contributed by atoms with E-state index in [1.807, 2.05) is 47.9 Å². The molecular weight excluding hydrogens is 454 g/mol. The third kappa shape index (κ3) is 5.19. The van der Waals surface area contributed by atoms with E-state index in [-0.39, 0.29) is 41.2 Å². The van der Waals surface area contributed by atoms with Crippen LogP contribution in [0.4, 0.5) is 4.79 Å². The molecule has 2 aliphatic heterocycles. The molecule has 1 aromatic carbocycles. The maximum absolute atomic E-state index is 13.5. The first-order valence-corrected chi connectivity index (χ1v) is 12.8. The van der Waals surface area contributed by atoms with Crippen molar-refractivity contribution >= 4 is 29.5 Å². The lowest BCUT2D eigenvalue weighted by molar-refractivity contribution is -0.142. The van der Waals surface area contributed by atoms with Crippen LogP contribution in [0.15, 0.2) is 24.3 Å². The summed E-state index contributed by atoms with van der Waals surface area (Å²) < 4.78 is 5.37. The van der Waals surface area contributed by atoms with Crippen LogP contribution >= 0.6 is 11.6 Å². The number of ether oxygens (including phenoxy) is 1. The molecular formula is C26H36ClN3O4. The van der Waals surface area contributed by atoms with Crippen molar-refractivity contribution in [2.75, 3.05) is 39.8 Å². The first kappa shape index (κ1) is 24.8. The molecule has 0 radical (unpaired) electrons. The van der Waals surface area contributed by atoms with Gasteiger partial charge in [-0.2, -0.15) is 0 Å². The maximum Gasteiger partial charge on any atom is 0.409 e. The fraction of sp³-hybridized carbons (Fsp3) is 0.654. The summed E-state index contributed by atoms with van der Waals surface area (Å²) in [6.07, 6.45) is 3.74. The zero-order valence-electron chi connectivity index (χ0n) is 20.5. The van der Waals surface area contributed by atoms with Crippen LogP contribution in [0.25, 0.3) is 0 Å². The molecule has 34 heavy (non-hydrogen) atoms. The first-order chi connectivity index (χ1) is 16.2. The number of carbonyl (C=O) groups is 3. The van der Waals surface area contributed by atoms with Crippen molar-refractivity contribution in [3.63, 3.8) is 0 Å². The van der Waals surface area contributed by atoms with Gasteiger partial charge in [0, 0.05) is 55.5 Å². The third-order valence-electron chi connectivity index (χ3n) is 7.76. The fourth-order valence-corrected chi connectivity index (χ4v) is 5.32. The van der Waals surface area contributed by atoms with Crippen LogP contribution in [0.2, 0.25) is 5.02 Å². The van der Waals surface area contributed by atoms with Crippen LogP contribution in [-0.2, 0) is 14.3 Å². The molecule has 1 aromatic rings. The van der Waals surface area contributed by atoms with E-state index in [0.717, 1.165) is 24.8 Å². The highest BCUT2D eigenvalue weighted by Crippen LogP contribution is 2.47. The van der Waals surface area contributed by atoms with Crippen LogP contribution < -0.4 is 0 Å². The average molecular weight is 490 g/mol. The number of likely N-dealkylation sites (N-methyl/N-ethyl adjacent to an activating group) is 1. The minimum absolute atomic E-state index is 0.0168. The molecule has 3 aliphatic rings. The molecule has 1 saturated carbocycles. The second kappa shape index (κ2) is 10.1. The predicted molar refractivity (Wildman–Crippen MR) is 131 cm³/mol. The van der Waals surface area contributed by atoms with Gasteiger partial charge >= 0.3 is 6.09 Å². The van der Waals surface area contributed by atoms with E-state index < -0.39 is 0 Å². The number of nitrogens with zero attached hydrogens (tertiary/aromatic N) is 3. The average Bonchev–Trinajstić information content (AvgIpc) is 3.45. The van der Waals surface area contributed by atoms with Gasteiger partial charge in [-0.1, -0.05) is 37.6 Å². The van der Waals surface area contributed by atoms with E-state index in [9.17, 15) is 14.4 Å². The third-order valence-corrected chi connectivity index (χ3v) is 8.01. The minimum atomic E-state index is -0.361. The van der Waals surface area contributed by atoms with Crippen molar-refractivity contribution in [3.8, 4) is 0 Å². The normalized spacial score (nSPS) is 24.1. The van der Waals surface area contributed by atoms with Crippen molar-refractivity contribution in [1.82, 2.24) is 14.7 Å². The summed E-state index contributed by atoms with van der Waals surface area (Å²) in [7, 11) is 1.75. The summed E-state index contributed by atoms with van der Waals surface area (Å²) >= 11 is 6.09. The highest BCUT2D eigenvalue weighted by molar-refractivity contribution is 6.30. The van der Waals surface area contributed by atoms with Gasteiger partial charge < -0.3 is 19.4 Å². The number of hydrogen-bond donors (Lipinski definition) is 0. The van der Waals surface area contributed by atoms with Gasteiger partial charge in [0.25, 0.3) is 0 Å². The van der Waals surface area contributed by atoms with Crippen molar-refractivity contribution in [2.24, 2.45) is 11.3 Å². The Labute approximate surface area is 207 Å². The van der Waals surface area contributed by atoms with Crippen molar-refractivity contribution in [2.45, 2.75) is 57.9 Å². The number of hydrogen-bond acceptors (Lipinski definition) is 4. The summed E-state index contributed by atoms with van der Waals surface area (Å²) in [5.74, 6) is 0.270. The van der Waals surface area contributed by atoms with Gasteiger partial charge in [-0.3, -0.25) is 9.59 Å². The molecule has 1 aliphatic carbocycles. The highest BCUT2D eigenvalue weighted by atomic mass is 35.5. The Hall–Kier alpha value is -2.28. The van der Waals surface area contributed by atoms with E-state index >= 15 is 0 Å². The van der Waals surface area contributed by atoms with Crippen LogP contribution in [0.3, 0.4) is 0 Å². The van der Waals surface area contributed by atoms with Crippen LogP contribution in [0, 0.1) is 11.3 Å². The van der Waals surface area contributed by atoms with Gasteiger partial charge in [0.15, 0.2) is 0 Å². The fourth-order valence-electron chi connectivity index (χ4n) is 5.19. The molecule has 186 valence electrons.